The van der Waals surface area contributed by atoms with Gasteiger partial charge in [0.15, 0.2) is 0 Å². The van der Waals surface area contributed by atoms with E-state index in [1.54, 1.807) is 0 Å². The van der Waals surface area contributed by atoms with Crippen LogP contribution >= 0.6 is 0 Å². The summed E-state index contributed by atoms with van der Waals surface area (Å²) in [5.41, 5.74) is 2.41. The first kappa shape index (κ1) is 18.4. The fourth-order valence-corrected chi connectivity index (χ4v) is 3.79. The van der Waals surface area contributed by atoms with Gasteiger partial charge in [0.25, 0.3) is 0 Å². The van der Waals surface area contributed by atoms with Gasteiger partial charge >= 0.3 is 5.97 Å². The predicted octanol–water partition coefficient (Wildman–Crippen LogP) is 4.25. The molecule has 26 heavy (non-hydrogen) atoms. The first-order valence-electron chi connectivity index (χ1n) is 9.48. The highest BCUT2D eigenvalue weighted by Crippen LogP contribution is 2.51. The van der Waals surface area contributed by atoms with Gasteiger partial charge < -0.3 is 4.74 Å². The molecule has 2 aromatic rings. The highest BCUT2D eigenvalue weighted by Gasteiger charge is 2.58. The van der Waals surface area contributed by atoms with Gasteiger partial charge in [-0.05, 0) is 43.2 Å². The van der Waals surface area contributed by atoms with E-state index in [-0.39, 0.29) is 29.5 Å². The van der Waals surface area contributed by atoms with Crippen LogP contribution in [-0.2, 0) is 27.2 Å². The third-order valence-electron chi connectivity index (χ3n) is 5.21. The molecular formula is C23H26O3. The largest absolute Gasteiger partial charge is 0.466 e. The molecular weight excluding hydrogens is 324 g/mol. The lowest BCUT2D eigenvalue weighted by molar-refractivity contribution is -0.146. The Morgan fingerprint density at radius 1 is 0.846 bits per heavy atom. The third-order valence-corrected chi connectivity index (χ3v) is 5.21. The molecule has 0 aromatic heterocycles. The zero-order chi connectivity index (χ0) is 18.4. The van der Waals surface area contributed by atoms with Crippen molar-refractivity contribution in [1.29, 1.82) is 0 Å². The number of ether oxygens (including phenoxy) is 1. The Morgan fingerprint density at radius 3 is 2.00 bits per heavy atom. The Hall–Kier alpha value is -2.42. The lowest BCUT2D eigenvalue weighted by Crippen LogP contribution is -2.12. The van der Waals surface area contributed by atoms with Crippen molar-refractivity contribution in [3.8, 4) is 0 Å². The van der Waals surface area contributed by atoms with Gasteiger partial charge in [0, 0.05) is 12.3 Å². The van der Waals surface area contributed by atoms with Crippen LogP contribution in [-0.4, -0.2) is 18.4 Å². The Bertz CT molecular complexity index is 724. The Kier molecular flexibility index (Phi) is 6.21. The molecule has 136 valence electrons. The lowest BCUT2D eigenvalue weighted by atomic mass is 10.0. The zero-order valence-corrected chi connectivity index (χ0v) is 15.3. The first-order chi connectivity index (χ1) is 12.7. The quantitative estimate of drug-likeness (QED) is 0.635. The predicted molar refractivity (Wildman–Crippen MR) is 102 cm³/mol. The van der Waals surface area contributed by atoms with Crippen LogP contribution in [0.5, 0.6) is 0 Å². The molecule has 0 N–H and O–H groups in total. The minimum Gasteiger partial charge on any atom is -0.466 e. The van der Waals surface area contributed by atoms with Gasteiger partial charge in [0.05, 0.1) is 12.5 Å². The number of Topliss-reactive ketones (excluding diaryl/α,β-unsaturated/α-hetero) is 1. The van der Waals surface area contributed by atoms with Crippen molar-refractivity contribution in [2.45, 2.75) is 32.6 Å². The monoisotopic (exact) mass is 350 g/mol. The fraction of sp³-hybridized carbons (Fsp3) is 0.391. The average molecular weight is 350 g/mol. The van der Waals surface area contributed by atoms with E-state index in [0.717, 1.165) is 24.8 Å². The number of carbonyl (C=O) groups is 2. The van der Waals surface area contributed by atoms with Crippen LogP contribution in [0.1, 0.15) is 30.9 Å². The Morgan fingerprint density at radius 2 is 1.42 bits per heavy atom. The summed E-state index contributed by atoms with van der Waals surface area (Å²) in [5.74, 6) is -0.297. The molecule has 0 bridgehead atoms. The van der Waals surface area contributed by atoms with Crippen molar-refractivity contribution in [3.05, 3.63) is 71.8 Å². The van der Waals surface area contributed by atoms with E-state index in [4.69, 9.17) is 4.74 Å². The SMILES string of the molecule is CCOC(=O)C1C(CCc2ccccc2)C1C(=O)CCc1ccccc1. The van der Waals surface area contributed by atoms with Crippen molar-refractivity contribution in [2.75, 3.05) is 6.61 Å². The molecule has 0 radical (unpaired) electrons. The number of hydrogen-bond acceptors (Lipinski definition) is 3. The number of benzene rings is 2. The third kappa shape index (κ3) is 4.60. The minimum atomic E-state index is -0.248. The van der Waals surface area contributed by atoms with E-state index in [9.17, 15) is 9.59 Å². The Labute approximate surface area is 155 Å². The van der Waals surface area contributed by atoms with Crippen molar-refractivity contribution >= 4 is 11.8 Å². The second-order valence-electron chi connectivity index (χ2n) is 6.94. The summed E-state index contributed by atoms with van der Waals surface area (Å²) in [4.78, 5) is 25.0. The van der Waals surface area contributed by atoms with Gasteiger partial charge in [-0.1, -0.05) is 60.7 Å². The van der Waals surface area contributed by atoms with E-state index < -0.39 is 0 Å². The van der Waals surface area contributed by atoms with E-state index in [0.29, 0.717) is 13.0 Å². The maximum atomic E-state index is 12.7. The van der Waals surface area contributed by atoms with E-state index >= 15 is 0 Å². The molecule has 3 atom stereocenters. The summed E-state index contributed by atoms with van der Waals surface area (Å²) >= 11 is 0. The molecule has 0 spiro atoms. The highest BCUT2D eigenvalue weighted by atomic mass is 16.5. The molecule has 0 amide bonds. The zero-order valence-electron chi connectivity index (χ0n) is 15.3. The van der Waals surface area contributed by atoms with Crippen molar-refractivity contribution < 1.29 is 14.3 Å². The maximum absolute atomic E-state index is 12.7. The molecule has 3 rings (SSSR count). The van der Waals surface area contributed by atoms with Crippen molar-refractivity contribution in [1.82, 2.24) is 0 Å². The summed E-state index contributed by atoms with van der Waals surface area (Å²) in [5, 5.41) is 0. The van der Waals surface area contributed by atoms with E-state index in [1.165, 1.54) is 5.56 Å². The molecule has 0 saturated heterocycles. The van der Waals surface area contributed by atoms with Crippen LogP contribution in [0.3, 0.4) is 0 Å². The van der Waals surface area contributed by atoms with Gasteiger partial charge in [-0.3, -0.25) is 9.59 Å². The maximum Gasteiger partial charge on any atom is 0.309 e. The normalized spacial score (nSPS) is 21.2. The van der Waals surface area contributed by atoms with Crippen LogP contribution in [0.2, 0.25) is 0 Å². The number of hydrogen-bond donors (Lipinski definition) is 0. The van der Waals surface area contributed by atoms with Crippen LogP contribution in [0.4, 0.5) is 0 Å². The first-order valence-corrected chi connectivity index (χ1v) is 9.48. The molecule has 2 aromatic carbocycles. The summed E-state index contributed by atoms with van der Waals surface area (Å²) in [7, 11) is 0. The van der Waals surface area contributed by atoms with Gasteiger partial charge in [-0.25, -0.2) is 0 Å². The second-order valence-corrected chi connectivity index (χ2v) is 6.94. The average Bonchev–Trinajstić information content (AvgIpc) is 3.41. The van der Waals surface area contributed by atoms with Crippen LogP contribution in [0.25, 0.3) is 0 Å². The molecule has 1 fully saturated rings. The molecule has 3 heteroatoms. The van der Waals surface area contributed by atoms with Gasteiger partial charge in [0.2, 0.25) is 0 Å². The van der Waals surface area contributed by atoms with Crippen molar-refractivity contribution in [3.63, 3.8) is 0 Å². The lowest BCUT2D eigenvalue weighted by Gasteiger charge is -2.02. The number of aryl methyl sites for hydroxylation is 2. The second kappa shape index (κ2) is 8.79. The van der Waals surface area contributed by atoms with Crippen LogP contribution < -0.4 is 0 Å². The number of rotatable bonds is 9. The molecule has 1 saturated carbocycles. The fourth-order valence-electron chi connectivity index (χ4n) is 3.79. The Balaban J connectivity index is 1.58. The summed E-state index contributed by atoms with van der Waals surface area (Å²) in [6, 6.07) is 20.2. The minimum absolute atomic E-state index is 0.123. The van der Waals surface area contributed by atoms with Crippen molar-refractivity contribution in [2.24, 2.45) is 17.8 Å². The van der Waals surface area contributed by atoms with E-state index in [1.807, 2.05) is 55.5 Å². The molecule has 0 aliphatic heterocycles. The highest BCUT2D eigenvalue weighted by molar-refractivity contribution is 5.92. The smallest absolute Gasteiger partial charge is 0.309 e. The summed E-state index contributed by atoms with van der Waals surface area (Å²) in [6.07, 6.45) is 2.97. The number of ketones is 1. The molecule has 1 aliphatic rings. The number of carbonyl (C=O) groups excluding carboxylic acids is 2. The summed E-state index contributed by atoms with van der Waals surface area (Å²) < 4.78 is 5.20. The molecule has 1 aliphatic carbocycles. The standard InChI is InChI=1S/C23H26O3/c1-2-26-23(25)22-19(15-13-17-9-5-3-6-10-17)21(22)20(24)16-14-18-11-7-4-8-12-18/h3-12,19,21-22H,2,13-16H2,1H3. The topological polar surface area (TPSA) is 43.4 Å². The molecule has 3 unspecified atom stereocenters. The van der Waals surface area contributed by atoms with E-state index in [2.05, 4.69) is 12.1 Å². The molecule has 3 nitrogen and oxygen atoms in total. The number of esters is 1. The summed E-state index contributed by atoms with van der Waals surface area (Å²) in [6.45, 7) is 2.18. The van der Waals surface area contributed by atoms with Gasteiger partial charge in [0.1, 0.15) is 5.78 Å². The van der Waals surface area contributed by atoms with Crippen LogP contribution in [0, 0.1) is 17.8 Å². The molecule has 0 heterocycles. The van der Waals surface area contributed by atoms with Crippen LogP contribution in [0.15, 0.2) is 60.7 Å². The van der Waals surface area contributed by atoms with Gasteiger partial charge in [-0.2, -0.15) is 0 Å². The van der Waals surface area contributed by atoms with Gasteiger partial charge in [-0.15, -0.1) is 0 Å².